The van der Waals surface area contributed by atoms with Crippen molar-refractivity contribution < 1.29 is 14.7 Å². The summed E-state index contributed by atoms with van der Waals surface area (Å²) in [7, 11) is 0. The van der Waals surface area contributed by atoms with Crippen molar-refractivity contribution in [2.24, 2.45) is 5.92 Å². The third kappa shape index (κ3) is 5.29. The Bertz CT molecular complexity index is 632. The summed E-state index contributed by atoms with van der Waals surface area (Å²) in [6, 6.07) is 0. The van der Waals surface area contributed by atoms with Crippen molar-refractivity contribution in [3.05, 3.63) is 46.6 Å². The fourth-order valence-corrected chi connectivity index (χ4v) is 3.70. The summed E-state index contributed by atoms with van der Waals surface area (Å²) in [6.45, 7) is 4.12. The van der Waals surface area contributed by atoms with Crippen molar-refractivity contribution in [1.29, 1.82) is 0 Å². The van der Waals surface area contributed by atoms with Crippen LogP contribution in [0.1, 0.15) is 71.6 Å². The first-order valence-corrected chi connectivity index (χ1v) is 9.58. The molecule has 0 aromatic rings. The van der Waals surface area contributed by atoms with Crippen LogP contribution in [-0.4, -0.2) is 16.9 Å². The highest BCUT2D eigenvalue weighted by atomic mass is 16.4. The fourth-order valence-electron chi connectivity index (χ4n) is 3.70. The maximum Gasteiger partial charge on any atom is 0.307 e. The van der Waals surface area contributed by atoms with Crippen molar-refractivity contribution >= 4 is 11.8 Å². The van der Waals surface area contributed by atoms with Gasteiger partial charge < -0.3 is 5.11 Å². The molecular weight excluding hydrogens is 312 g/mol. The predicted molar refractivity (Wildman–Crippen MR) is 101 cm³/mol. The third-order valence-electron chi connectivity index (χ3n) is 5.19. The van der Waals surface area contributed by atoms with E-state index in [0.29, 0.717) is 6.42 Å². The number of carbonyl (C=O) groups excluding carboxylic acids is 1. The van der Waals surface area contributed by atoms with E-state index in [1.807, 2.05) is 31.2 Å². The van der Waals surface area contributed by atoms with Gasteiger partial charge in [0.05, 0.1) is 12.3 Å². The monoisotopic (exact) mass is 342 g/mol. The van der Waals surface area contributed by atoms with Crippen LogP contribution in [-0.2, 0) is 9.59 Å². The van der Waals surface area contributed by atoms with Crippen molar-refractivity contribution in [3.63, 3.8) is 0 Å². The molecule has 0 spiro atoms. The molecule has 2 aliphatic rings. The zero-order valence-corrected chi connectivity index (χ0v) is 15.5. The quantitative estimate of drug-likeness (QED) is 0.560. The van der Waals surface area contributed by atoms with E-state index >= 15 is 0 Å². The van der Waals surface area contributed by atoms with Gasteiger partial charge in [0.25, 0.3) is 0 Å². The number of rotatable bonds is 9. The summed E-state index contributed by atoms with van der Waals surface area (Å²) in [5.41, 5.74) is 3.55. The number of unbranched alkanes of at least 4 members (excludes halogenated alkanes) is 5. The lowest BCUT2D eigenvalue weighted by molar-refractivity contribution is -0.136. The smallest absolute Gasteiger partial charge is 0.307 e. The second kappa shape index (κ2) is 9.55. The minimum absolute atomic E-state index is 0.0171. The van der Waals surface area contributed by atoms with Gasteiger partial charge in [-0.05, 0) is 48.5 Å². The first-order valence-electron chi connectivity index (χ1n) is 9.58. The van der Waals surface area contributed by atoms with E-state index in [9.17, 15) is 14.7 Å². The highest BCUT2D eigenvalue weighted by molar-refractivity contribution is 6.01. The average Bonchev–Trinajstić information content (AvgIpc) is 2.69. The zero-order valence-electron chi connectivity index (χ0n) is 15.5. The van der Waals surface area contributed by atoms with E-state index in [4.69, 9.17) is 0 Å². The summed E-state index contributed by atoms with van der Waals surface area (Å²) in [4.78, 5) is 24.2. The number of hydrogen-bond acceptors (Lipinski definition) is 2. The lowest BCUT2D eigenvalue weighted by Crippen LogP contribution is -2.19. The van der Waals surface area contributed by atoms with E-state index in [2.05, 4.69) is 6.92 Å². The molecule has 25 heavy (non-hydrogen) atoms. The maximum atomic E-state index is 12.9. The maximum absolute atomic E-state index is 12.9. The standard InChI is InChI=1S/C22H30O3/c1-3-4-5-6-7-8-11-17-14-18(15-21(23)24)19-12-9-10-13-20(19)22(25)16(17)2/h9-10,12,14,20H,3-8,11,13,15H2,1-2H3,(H,23,24). The van der Waals surface area contributed by atoms with Crippen LogP contribution in [0.5, 0.6) is 0 Å². The largest absolute Gasteiger partial charge is 0.481 e. The molecule has 2 aliphatic carbocycles. The predicted octanol–water partition coefficient (Wildman–Crippen LogP) is 5.54. The lowest BCUT2D eigenvalue weighted by Gasteiger charge is -2.20. The average molecular weight is 342 g/mol. The summed E-state index contributed by atoms with van der Waals surface area (Å²) in [5.74, 6) is -0.891. The highest BCUT2D eigenvalue weighted by Gasteiger charge is 2.30. The number of hydrogen-bond donors (Lipinski definition) is 1. The SMILES string of the molecule is CCCCCCCCC1=C(C)C(=O)C2CC=CC=C2C(CC(=O)O)=C1. The van der Waals surface area contributed by atoms with Gasteiger partial charge in [0.15, 0.2) is 5.78 Å². The molecule has 0 heterocycles. The van der Waals surface area contributed by atoms with Gasteiger partial charge in [0.2, 0.25) is 0 Å². The number of fused-ring (bicyclic) bond motifs is 1. The number of carboxylic acid groups (broad SMARTS) is 1. The van der Waals surface area contributed by atoms with Crippen LogP contribution >= 0.6 is 0 Å². The van der Waals surface area contributed by atoms with Gasteiger partial charge >= 0.3 is 5.97 Å². The summed E-state index contributed by atoms with van der Waals surface area (Å²) in [5, 5.41) is 9.28. The number of ketones is 1. The zero-order chi connectivity index (χ0) is 18.2. The Hall–Kier alpha value is -1.90. The van der Waals surface area contributed by atoms with Crippen LogP contribution in [0.25, 0.3) is 0 Å². The van der Waals surface area contributed by atoms with E-state index < -0.39 is 5.97 Å². The Balaban J connectivity index is 2.16. The van der Waals surface area contributed by atoms with Gasteiger partial charge in [-0.3, -0.25) is 9.59 Å². The molecule has 2 rings (SSSR count). The van der Waals surface area contributed by atoms with E-state index in [0.717, 1.165) is 35.1 Å². The molecule has 1 atom stereocenters. The number of Topliss-reactive ketones (excluding diaryl/α,β-unsaturated/α-hetero) is 1. The molecule has 1 unspecified atom stereocenters. The molecule has 0 saturated carbocycles. The molecule has 1 N–H and O–H groups in total. The topological polar surface area (TPSA) is 54.4 Å². The highest BCUT2D eigenvalue weighted by Crippen LogP contribution is 2.36. The second-order valence-electron chi connectivity index (χ2n) is 7.11. The number of carbonyl (C=O) groups is 2. The third-order valence-corrected chi connectivity index (χ3v) is 5.19. The van der Waals surface area contributed by atoms with Crippen LogP contribution < -0.4 is 0 Å². The van der Waals surface area contributed by atoms with Crippen LogP contribution in [0, 0.1) is 5.92 Å². The lowest BCUT2D eigenvalue weighted by atomic mass is 9.82. The Morgan fingerprint density at radius 1 is 1.20 bits per heavy atom. The molecule has 0 radical (unpaired) electrons. The molecule has 0 saturated heterocycles. The number of carboxylic acids is 1. The van der Waals surface area contributed by atoms with E-state index in [-0.39, 0.29) is 18.1 Å². The van der Waals surface area contributed by atoms with Crippen LogP contribution in [0.3, 0.4) is 0 Å². The molecule has 0 fully saturated rings. The van der Waals surface area contributed by atoms with Gasteiger partial charge in [-0.25, -0.2) is 0 Å². The molecule has 0 bridgehead atoms. The van der Waals surface area contributed by atoms with Crippen LogP contribution in [0.2, 0.25) is 0 Å². The molecule has 3 heteroatoms. The first-order chi connectivity index (χ1) is 12.0. The van der Waals surface area contributed by atoms with E-state index in [1.54, 1.807) is 0 Å². The Morgan fingerprint density at radius 2 is 1.92 bits per heavy atom. The minimum Gasteiger partial charge on any atom is -0.481 e. The molecular formula is C22H30O3. The molecule has 136 valence electrons. The molecule has 3 nitrogen and oxygen atoms in total. The van der Waals surface area contributed by atoms with Crippen molar-refractivity contribution in [2.75, 3.05) is 0 Å². The molecule has 0 aliphatic heterocycles. The van der Waals surface area contributed by atoms with Crippen molar-refractivity contribution in [1.82, 2.24) is 0 Å². The first kappa shape index (κ1) is 19.4. The van der Waals surface area contributed by atoms with Gasteiger partial charge in [-0.15, -0.1) is 0 Å². The second-order valence-corrected chi connectivity index (χ2v) is 7.11. The van der Waals surface area contributed by atoms with Gasteiger partial charge in [0, 0.05) is 0 Å². The molecule has 0 amide bonds. The normalized spacial score (nSPS) is 20.1. The summed E-state index contributed by atoms with van der Waals surface area (Å²) >= 11 is 0. The summed E-state index contributed by atoms with van der Waals surface area (Å²) < 4.78 is 0. The number of allylic oxidation sites excluding steroid dienone is 7. The fraction of sp³-hybridized carbons (Fsp3) is 0.545. The molecule has 0 aromatic heterocycles. The molecule has 0 aromatic carbocycles. The summed E-state index contributed by atoms with van der Waals surface area (Å²) in [6.07, 6.45) is 16.6. The van der Waals surface area contributed by atoms with Crippen molar-refractivity contribution in [3.8, 4) is 0 Å². The van der Waals surface area contributed by atoms with Crippen molar-refractivity contribution in [2.45, 2.75) is 71.6 Å². The van der Waals surface area contributed by atoms with Gasteiger partial charge in [-0.2, -0.15) is 0 Å². The van der Waals surface area contributed by atoms with Gasteiger partial charge in [-0.1, -0.05) is 63.3 Å². The van der Waals surface area contributed by atoms with Crippen LogP contribution in [0.15, 0.2) is 46.6 Å². The minimum atomic E-state index is -0.841. The Morgan fingerprint density at radius 3 is 2.64 bits per heavy atom. The number of aliphatic carboxylic acids is 1. The Kier molecular flexibility index (Phi) is 7.42. The van der Waals surface area contributed by atoms with E-state index in [1.165, 1.54) is 32.1 Å². The van der Waals surface area contributed by atoms with Gasteiger partial charge in [0.1, 0.15) is 0 Å². The van der Waals surface area contributed by atoms with Crippen LogP contribution in [0.4, 0.5) is 0 Å². The Labute approximate surface area is 151 Å².